The highest BCUT2D eigenvalue weighted by Crippen LogP contribution is 2.44. The first-order chi connectivity index (χ1) is 16.7. The molecule has 3 atom stereocenters. The van der Waals surface area contributed by atoms with Gasteiger partial charge < -0.3 is 20.5 Å². The molecule has 0 radical (unpaired) electrons. The van der Waals surface area contributed by atoms with Gasteiger partial charge in [-0.05, 0) is 35.1 Å². The number of carbonyl (C=O) groups is 3. The summed E-state index contributed by atoms with van der Waals surface area (Å²) >= 11 is 0. The molecule has 4 rings (SSSR count). The third kappa shape index (κ3) is 5.26. The van der Waals surface area contributed by atoms with Crippen LogP contribution in [0.4, 0.5) is 18.0 Å². The lowest BCUT2D eigenvalue weighted by Crippen LogP contribution is -2.58. The monoisotopic (exact) mass is 490 g/mol. The van der Waals surface area contributed by atoms with Crippen LogP contribution in [0.2, 0.25) is 0 Å². The summed E-state index contributed by atoms with van der Waals surface area (Å²) in [6.45, 7) is -0.213. The predicted octanol–water partition coefficient (Wildman–Crippen LogP) is 4.22. The molecule has 2 aliphatic rings. The summed E-state index contributed by atoms with van der Waals surface area (Å²) in [6, 6.07) is 11.2. The number of hydrogen-bond acceptors (Lipinski definition) is 4. The zero-order valence-corrected chi connectivity index (χ0v) is 18.7. The Hall–Kier alpha value is -3.56. The molecule has 186 valence electrons. The fourth-order valence-electron chi connectivity index (χ4n) is 4.92. The quantitative estimate of drug-likeness (QED) is 0.563. The Balaban J connectivity index is 1.42. The minimum atomic E-state index is -5.09. The van der Waals surface area contributed by atoms with Crippen molar-refractivity contribution in [1.29, 1.82) is 0 Å². The summed E-state index contributed by atoms with van der Waals surface area (Å²) in [5, 5.41) is 13.1. The van der Waals surface area contributed by atoms with E-state index in [1.807, 2.05) is 48.5 Å². The van der Waals surface area contributed by atoms with Gasteiger partial charge in [0.15, 0.2) is 0 Å². The first kappa shape index (κ1) is 24.6. The van der Waals surface area contributed by atoms with Crippen LogP contribution < -0.4 is 10.6 Å². The largest absolute Gasteiger partial charge is 0.481 e. The van der Waals surface area contributed by atoms with Gasteiger partial charge in [0.05, 0.1) is 5.92 Å². The summed E-state index contributed by atoms with van der Waals surface area (Å²) < 4.78 is 46.0. The maximum atomic E-state index is 13.6. The molecule has 0 saturated heterocycles. The second kappa shape index (κ2) is 9.97. The van der Waals surface area contributed by atoms with Crippen LogP contribution in [0.1, 0.15) is 42.7 Å². The molecule has 1 unspecified atom stereocenters. The SMILES string of the molecule is O=C(NC(C(=O)N[C@@H]1CCCC[C@@H]1C(=O)O)C(F)(F)F)OCC1c2ccccc2-c2ccccc21. The van der Waals surface area contributed by atoms with E-state index in [1.165, 1.54) is 0 Å². The average molecular weight is 490 g/mol. The van der Waals surface area contributed by atoms with Gasteiger partial charge in [-0.2, -0.15) is 13.2 Å². The number of nitrogens with one attached hydrogen (secondary N) is 2. The number of alkyl carbamates (subject to hydrolysis) is 1. The second-order valence-corrected chi connectivity index (χ2v) is 8.79. The van der Waals surface area contributed by atoms with Gasteiger partial charge in [-0.3, -0.25) is 9.59 Å². The van der Waals surface area contributed by atoms with Crippen LogP contribution in [0, 0.1) is 5.92 Å². The Labute approximate surface area is 199 Å². The van der Waals surface area contributed by atoms with Crippen LogP contribution in [0.5, 0.6) is 0 Å². The highest BCUT2D eigenvalue weighted by atomic mass is 19.4. The molecule has 0 spiro atoms. The minimum Gasteiger partial charge on any atom is -0.481 e. The van der Waals surface area contributed by atoms with E-state index in [0.29, 0.717) is 12.8 Å². The molecule has 0 aliphatic heterocycles. The van der Waals surface area contributed by atoms with Gasteiger partial charge in [0.1, 0.15) is 6.61 Å². The van der Waals surface area contributed by atoms with Gasteiger partial charge in [0, 0.05) is 12.0 Å². The zero-order valence-electron chi connectivity index (χ0n) is 18.7. The van der Waals surface area contributed by atoms with E-state index in [9.17, 15) is 32.7 Å². The Kier molecular flexibility index (Phi) is 7.00. The van der Waals surface area contributed by atoms with Crippen molar-refractivity contribution in [2.75, 3.05) is 6.61 Å². The molecule has 0 heterocycles. The topological polar surface area (TPSA) is 105 Å². The average Bonchev–Trinajstić information content (AvgIpc) is 3.14. The molecule has 7 nitrogen and oxygen atoms in total. The van der Waals surface area contributed by atoms with E-state index in [1.54, 1.807) is 5.32 Å². The van der Waals surface area contributed by atoms with Crippen molar-refractivity contribution in [1.82, 2.24) is 10.6 Å². The third-order valence-corrected chi connectivity index (χ3v) is 6.61. The van der Waals surface area contributed by atoms with Crippen LogP contribution >= 0.6 is 0 Å². The molecule has 3 N–H and O–H groups in total. The van der Waals surface area contributed by atoms with Gasteiger partial charge in [-0.25, -0.2) is 4.79 Å². The van der Waals surface area contributed by atoms with Gasteiger partial charge >= 0.3 is 18.2 Å². The van der Waals surface area contributed by atoms with Gasteiger partial charge in [0.25, 0.3) is 5.91 Å². The maximum Gasteiger partial charge on any atom is 0.417 e. The van der Waals surface area contributed by atoms with Crippen LogP contribution in [0.15, 0.2) is 48.5 Å². The van der Waals surface area contributed by atoms with Crippen LogP contribution in [0.3, 0.4) is 0 Å². The third-order valence-electron chi connectivity index (χ3n) is 6.61. The number of hydrogen-bond donors (Lipinski definition) is 3. The number of alkyl halides is 3. The number of fused-ring (bicyclic) bond motifs is 3. The number of carboxylic acid groups (broad SMARTS) is 1. The lowest BCUT2D eigenvalue weighted by Gasteiger charge is -2.31. The molecule has 2 aromatic rings. The number of ether oxygens (including phenoxy) is 1. The lowest BCUT2D eigenvalue weighted by molar-refractivity contribution is -0.168. The number of rotatable bonds is 6. The molecule has 0 aromatic heterocycles. The Morgan fingerprint density at radius 1 is 0.971 bits per heavy atom. The molecule has 2 aliphatic carbocycles. The van der Waals surface area contributed by atoms with Gasteiger partial charge in [-0.1, -0.05) is 61.4 Å². The fraction of sp³-hybridized carbons (Fsp3) is 0.400. The number of benzene rings is 2. The van der Waals surface area contributed by atoms with E-state index < -0.39 is 42.1 Å². The van der Waals surface area contributed by atoms with Crippen LogP contribution in [-0.4, -0.2) is 47.9 Å². The molecule has 10 heteroatoms. The van der Waals surface area contributed by atoms with Crippen molar-refractivity contribution in [2.45, 2.75) is 49.9 Å². The number of carboxylic acids is 1. The molecular weight excluding hydrogens is 465 g/mol. The van der Waals surface area contributed by atoms with Gasteiger partial charge in [0.2, 0.25) is 6.04 Å². The molecule has 35 heavy (non-hydrogen) atoms. The minimum absolute atomic E-state index is 0.213. The number of amides is 2. The van der Waals surface area contributed by atoms with E-state index >= 15 is 0 Å². The van der Waals surface area contributed by atoms with Gasteiger partial charge in [-0.15, -0.1) is 0 Å². The van der Waals surface area contributed by atoms with Crippen molar-refractivity contribution in [3.8, 4) is 11.1 Å². The first-order valence-corrected chi connectivity index (χ1v) is 11.4. The Bertz CT molecular complexity index is 1070. The Morgan fingerprint density at radius 3 is 2.11 bits per heavy atom. The van der Waals surface area contributed by atoms with E-state index in [0.717, 1.165) is 22.3 Å². The zero-order chi connectivity index (χ0) is 25.2. The fourth-order valence-corrected chi connectivity index (χ4v) is 4.92. The molecular formula is C25H25F3N2O5. The van der Waals surface area contributed by atoms with Crippen LogP contribution in [-0.2, 0) is 14.3 Å². The van der Waals surface area contributed by atoms with Crippen molar-refractivity contribution < 1.29 is 37.4 Å². The second-order valence-electron chi connectivity index (χ2n) is 8.79. The van der Waals surface area contributed by atoms with Crippen LogP contribution in [0.25, 0.3) is 11.1 Å². The highest BCUT2D eigenvalue weighted by molar-refractivity contribution is 5.87. The molecule has 2 amide bonds. The highest BCUT2D eigenvalue weighted by Gasteiger charge is 2.48. The molecule has 1 fully saturated rings. The van der Waals surface area contributed by atoms with Crippen molar-refractivity contribution in [3.05, 3.63) is 59.7 Å². The predicted molar refractivity (Wildman–Crippen MR) is 120 cm³/mol. The summed E-state index contributed by atoms with van der Waals surface area (Å²) in [6.07, 6.45) is -4.77. The number of aliphatic carboxylic acids is 1. The normalized spacial score (nSPS) is 20.3. The molecule has 2 aromatic carbocycles. The number of carbonyl (C=O) groups excluding carboxylic acids is 2. The van der Waals surface area contributed by atoms with Crippen molar-refractivity contribution in [3.63, 3.8) is 0 Å². The smallest absolute Gasteiger partial charge is 0.417 e. The molecule has 1 saturated carbocycles. The summed E-state index contributed by atoms with van der Waals surface area (Å²) in [5.74, 6) is -4.02. The maximum absolute atomic E-state index is 13.6. The first-order valence-electron chi connectivity index (χ1n) is 11.4. The van der Waals surface area contributed by atoms with Crippen molar-refractivity contribution >= 4 is 18.0 Å². The Morgan fingerprint density at radius 2 is 1.54 bits per heavy atom. The summed E-state index contributed by atoms with van der Waals surface area (Å²) in [7, 11) is 0. The molecule has 0 bridgehead atoms. The van der Waals surface area contributed by atoms with E-state index in [2.05, 4.69) is 5.32 Å². The van der Waals surface area contributed by atoms with Crippen molar-refractivity contribution in [2.24, 2.45) is 5.92 Å². The van der Waals surface area contributed by atoms with E-state index in [-0.39, 0.29) is 25.4 Å². The lowest BCUT2D eigenvalue weighted by atomic mass is 9.84. The number of halogens is 3. The van der Waals surface area contributed by atoms with E-state index in [4.69, 9.17) is 4.74 Å². The standard InChI is InChI=1S/C25H25F3N2O5/c26-25(27,28)21(22(31)29-20-12-6-5-11-18(20)23(32)33)30-24(34)35-13-19-16-9-3-1-7-14(16)15-8-2-4-10-17(15)19/h1-4,7-10,18-21H,5-6,11-13H2,(H,29,31)(H,30,34)(H,32,33)/t18-,20+,21?/m0/s1. The summed E-state index contributed by atoms with van der Waals surface area (Å²) in [5.41, 5.74) is 3.71. The summed E-state index contributed by atoms with van der Waals surface area (Å²) in [4.78, 5) is 36.2.